The minimum atomic E-state index is -0.468. The highest BCUT2D eigenvalue weighted by Gasteiger charge is 2.13. The second-order valence-electron chi connectivity index (χ2n) is 6.12. The maximum atomic E-state index is 11.9. The Morgan fingerprint density at radius 1 is 1.41 bits per heavy atom. The summed E-state index contributed by atoms with van der Waals surface area (Å²) in [5.41, 5.74) is 3.49. The van der Waals surface area contributed by atoms with Crippen LogP contribution in [0.2, 0.25) is 0 Å². The number of fused-ring (bicyclic) bond motifs is 1. The van der Waals surface area contributed by atoms with Crippen molar-refractivity contribution < 1.29 is 9.90 Å². The second-order valence-corrected chi connectivity index (χ2v) is 6.12. The van der Waals surface area contributed by atoms with E-state index in [2.05, 4.69) is 35.4 Å². The predicted molar refractivity (Wildman–Crippen MR) is 89.8 cm³/mol. The molecule has 1 amide bonds. The first-order valence-corrected chi connectivity index (χ1v) is 8.02. The number of carbonyl (C=O) groups excluding carboxylic acids is 1. The number of amides is 1. The van der Waals surface area contributed by atoms with Crippen LogP contribution in [0, 0.1) is 12.8 Å². The molecule has 1 heterocycles. The minimum Gasteiger partial charge on any atom is -0.391 e. The van der Waals surface area contributed by atoms with E-state index in [9.17, 15) is 9.90 Å². The number of aliphatic hydroxyl groups excluding tert-OH is 1. The van der Waals surface area contributed by atoms with Crippen molar-refractivity contribution in [3.63, 3.8) is 0 Å². The molecule has 0 aliphatic heterocycles. The molecule has 2 rings (SSSR count). The van der Waals surface area contributed by atoms with Gasteiger partial charge in [0.25, 0.3) is 0 Å². The standard InChI is InChI=1S/C18H26N2O2/c1-4-13(3)17(21)11-20-18(22)8-6-14-10-19-16-7-5-12(2)9-15(14)16/h5,7,9-10,13,17,19,21H,4,6,8,11H2,1-3H3,(H,20,22). The zero-order valence-corrected chi connectivity index (χ0v) is 13.6. The average molecular weight is 302 g/mol. The molecule has 0 aliphatic carbocycles. The molecule has 0 saturated carbocycles. The number of aromatic nitrogens is 1. The van der Waals surface area contributed by atoms with Crippen LogP contribution in [-0.4, -0.2) is 28.6 Å². The molecule has 4 nitrogen and oxygen atoms in total. The van der Waals surface area contributed by atoms with E-state index in [1.165, 1.54) is 10.9 Å². The van der Waals surface area contributed by atoms with Crippen molar-refractivity contribution >= 4 is 16.8 Å². The Morgan fingerprint density at radius 2 is 2.18 bits per heavy atom. The summed E-state index contributed by atoms with van der Waals surface area (Å²) < 4.78 is 0. The van der Waals surface area contributed by atoms with Crippen molar-refractivity contribution in [3.8, 4) is 0 Å². The summed E-state index contributed by atoms with van der Waals surface area (Å²) in [5, 5.41) is 13.9. The normalized spacial score (nSPS) is 14.0. The molecule has 1 aromatic carbocycles. The molecule has 0 aliphatic rings. The number of nitrogens with one attached hydrogen (secondary N) is 2. The van der Waals surface area contributed by atoms with Crippen LogP contribution in [0.5, 0.6) is 0 Å². The zero-order valence-electron chi connectivity index (χ0n) is 13.6. The summed E-state index contributed by atoms with van der Waals surface area (Å²) in [6.45, 7) is 6.43. The number of carbonyl (C=O) groups is 1. The first-order valence-electron chi connectivity index (χ1n) is 8.02. The summed E-state index contributed by atoms with van der Waals surface area (Å²) in [6.07, 6.45) is 3.56. The average Bonchev–Trinajstić information content (AvgIpc) is 2.91. The summed E-state index contributed by atoms with van der Waals surface area (Å²) >= 11 is 0. The zero-order chi connectivity index (χ0) is 16.1. The Kier molecular flexibility index (Phi) is 5.61. The Balaban J connectivity index is 1.86. The number of aryl methyl sites for hydroxylation is 2. The monoisotopic (exact) mass is 302 g/mol. The van der Waals surface area contributed by atoms with E-state index in [0.29, 0.717) is 19.4 Å². The van der Waals surface area contributed by atoms with Crippen LogP contribution in [0.1, 0.15) is 37.8 Å². The molecule has 2 unspecified atom stereocenters. The highest BCUT2D eigenvalue weighted by Crippen LogP contribution is 2.20. The third-order valence-electron chi connectivity index (χ3n) is 4.35. The molecule has 2 atom stereocenters. The lowest BCUT2D eigenvalue weighted by atomic mass is 10.0. The third-order valence-corrected chi connectivity index (χ3v) is 4.35. The van der Waals surface area contributed by atoms with Crippen LogP contribution in [0.3, 0.4) is 0 Å². The van der Waals surface area contributed by atoms with Crippen LogP contribution in [0.15, 0.2) is 24.4 Å². The quantitative estimate of drug-likeness (QED) is 0.736. The number of hydrogen-bond acceptors (Lipinski definition) is 2. The lowest BCUT2D eigenvalue weighted by Gasteiger charge is -2.17. The van der Waals surface area contributed by atoms with Crippen LogP contribution >= 0.6 is 0 Å². The molecule has 1 aromatic heterocycles. The van der Waals surface area contributed by atoms with Gasteiger partial charge in [-0.3, -0.25) is 4.79 Å². The van der Waals surface area contributed by atoms with Gasteiger partial charge in [0.15, 0.2) is 0 Å². The van der Waals surface area contributed by atoms with E-state index in [1.807, 2.05) is 20.0 Å². The van der Waals surface area contributed by atoms with Crippen molar-refractivity contribution in [3.05, 3.63) is 35.5 Å². The topological polar surface area (TPSA) is 65.1 Å². The Bertz CT molecular complexity index is 633. The van der Waals surface area contributed by atoms with Gasteiger partial charge in [-0.15, -0.1) is 0 Å². The molecule has 0 fully saturated rings. The number of rotatable bonds is 7. The van der Waals surface area contributed by atoms with Crippen LogP contribution < -0.4 is 5.32 Å². The van der Waals surface area contributed by atoms with Crippen molar-refractivity contribution in [2.24, 2.45) is 5.92 Å². The van der Waals surface area contributed by atoms with Crippen molar-refractivity contribution in [2.75, 3.05) is 6.54 Å². The van der Waals surface area contributed by atoms with Crippen molar-refractivity contribution in [2.45, 2.75) is 46.1 Å². The first-order chi connectivity index (χ1) is 10.5. The van der Waals surface area contributed by atoms with Gasteiger partial charge in [-0.2, -0.15) is 0 Å². The fourth-order valence-corrected chi connectivity index (χ4v) is 2.53. The van der Waals surface area contributed by atoms with Crippen molar-refractivity contribution in [1.29, 1.82) is 0 Å². The van der Waals surface area contributed by atoms with E-state index in [0.717, 1.165) is 17.5 Å². The summed E-state index contributed by atoms with van der Waals surface area (Å²) in [6, 6.07) is 6.29. The van der Waals surface area contributed by atoms with Gasteiger partial charge >= 0.3 is 0 Å². The molecule has 22 heavy (non-hydrogen) atoms. The maximum Gasteiger partial charge on any atom is 0.220 e. The fourth-order valence-electron chi connectivity index (χ4n) is 2.53. The number of aromatic amines is 1. The van der Waals surface area contributed by atoms with Gasteiger partial charge in [-0.25, -0.2) is 0 Å². The van der Waals surface area contributed by atoms with Crippen molar-refractivity contribution in [1.82, 2.24) is 10.3 Å². The molecular weight excluding hydrogens is 276 g/mol. The molecule has 3 N–H and O–H groups in total. The van der Waals surface area contributed by atoms with E-state index >= 15 is 0 Å². The van der Waals surface area contributed by atoms with Gasteiger partial charge in [-0.1, -0.05) is 31.9 Å². The van der Waals surface area contributed by atoms with E-state index in [4.69, 9.17) is 0 Å². The Hall–Kier alpha value is -1.81. The number of hydrogen-bond donors (Lipinski definition) is 3. The Labute approximate surface area is 131 Å². The van der Waals surface area contributed by atoms with Gasteiger partial charge < -0.3 is 15.4 Å². The molecule has 0 bridgehead atoms. The fraction of sp³-hybridized carbons (Fsp3) is 0.500. The lowest BCUT2D eigenvalue weighted by Crippen LogP contribution is -2.35. The molecule has 2 aromatic rings. The van der Waals surface area contributed by atoms with Crippen LogP contribution in [0.4, 0.5) is 0 Å². The van der Waals surface area contributed by atoms with Gasteiger partial charge in [-0.05, 0) is 37.0 Å². The van der Waals surface area contributed by atoms with E-state index in [-0.39, 0.29) is 11.8 Å². The largest absolute Gasteiger partial charge is 0.391 e. The van der Waals surface area contributed by atoms with Gasteiger partial charge in [0, 0.05) is 30.1 Å². The smallest absolute Gasteiger partial charge is 0.220 e. The maximum absolute atomic E-state index is 11.9. The molecule has 4 heteroatoms. The number of H-pyrrole nitrogens is 1. The van der Waals surface area contributed by atoms with Crippen LogP contribution in [0.25, 0.3) is 10.9 Å². The van der Waals surface area contributed by atoms with Gasteiger partial charge in [0.1, 0.15) is 0 Å². The molecular formula is C18H26N2O2. The van der Waals surface area contributed by atoms with Gasteiger partial charge in [0.2, 0.25) is 5.91 Å². The third kappa shape index (κ3) is 4.10. The Morgan fingerprint density at radius 3 is 2.91 bits per heavy atom. The van der Waals surface area contributed by atoms with Gasteiger partial charge in [0.05, 0.1) is 6.10 Å². The SMILES string of the molecule is CCC(C)C(O)CNC(=O)CCc1c[nH]c2ccc(C)cc12. The predicted octanol–water partition coefficient (Wildman–Crippen LogP) is 2.93. The summed E-state index contributed by atoms with van der Waals surface area (Å²) in [7, 11) is 0. The lowest BCUT2D eigenvalue weighted by molar-refractivity contribution is -0.121. The summed E-state index contributed by atoms with van der Waals surface area (Å²) in [5.74, 6) is 0.196. The minimum absolute atomic E-state index is 0.00986. The van der Waals surface area contributed by atoms with Crippen LogP contribution in [-0.2, 0) is 11.2 Å². The second kappa shape index (κ2) is 7.45. The summed E-state index contributed by atoms with van der Waals surface area (Å²) in [4.78, 5) is 15.2. The van der Waals surface area contributed by atoms with E-state index < -0.39 is 6.10 Å². The highest BCUT2D eigenvalue weighted by molar-refractivity contribution is 5.84. The van der Waals surface area contributed by atoms with E-state index in [1.54, 1.807) is 0 Å². The molecule has 0 spiro atoms. The first kappa shape index (κ1) is 16.6. The highest BCUT2D eigenvalue weighted by atomic mass is 16.3. The molecule has 0 radical (unpaired) electrons. The number of benzene rings is 1. The molecule has 120 valence electrons. The number of aliphatic hydroxyl groups is 1. The molecule has 0 saturated heterocycles.